The predicted molar refractivity (Wildman–Crippen MR) is 97.9 cm³/mol. The van der Waals surface area contributed by atoms with E-state index in [1.165, 1.54) is 16.7 Å². The zero-order chi connectivity index (χ0) is 16.3. The average molecular weight is 308 g/mol. The van der Waals surface area contributed by atoms with Crippen molar-refractivity contribution in [2.45, 2.75) is 32.2 Å². The van der Waals surface area contributed by atoms with Crippen molar-refractivity contribution in [3.05, 3.63) is 71.3 Å². The van der Waals surface area contributed by atoms with Crippen LogP contribution >= 0.6 is 0 Å². The Kier molecular flexibility index (Phi) is 4.84. The maximum absolute atomic E-state index is 3.46. The Morgan fingerprint density at radius 2 is 1.39 bits per heavy atom. The van der Waals surface area contributed by atoms with Gasteiger partial charge >= 0.3 is 0 Å². The molecule has 1 unspecified atom stereocenters. The Balaban J connectivity index is 1.94. The Morgan fingerprint density at radius 3 is 1.96 bits per heavy atom. The fourth-order valence-corrected chi connectivity index (χ4v) is 3.36. The van der Waals surface area contributed by atoms with Gasteiger partial charge in [0.15, 0.2) is 0 Å². The Hall–Kier alpha value is -1.64. The van der Waals surface area contributed by atoms with E-state index in [1.54, 1.807) is 0 Å². The van der Waals surface area contributed by atoms with Crippen LogP contribution in [0.2, 0.25) is 0 Å². The largest absolute Gasteiger partial charge is 0.314 e. The van der Waals surface area contributed by atoms with Gasteiger partial charge in [0, 0.05) is 26.2 Å². The number of hydrogen-bond donors (Lipinski definition) is 1. The van der Waals surface area contributed by atoms with Crippen LogP contribution in [0.1, 0.15) is 43.5 Å². The van der Waals surface area contributed by atoms with Crippen LogP contribution < -0.4 is 5.32 Å². The molecule has 122 valence electrons. The highest BCUT2D eigenvalue weighted by Gasteiger charge is 2.24. The van der Waals surface area contributed by atoms with E-state index >= 15 is 0 Å². The first-order chi connectivity index (χ1) is 11.1. The van der Waals surface area contributed by atoms with Crippen LogP contribution in [0.3, 0.4) is 0 Å². The van der Waals surface area contributed by atoms with Crippen molar-refractivity contribution in [2.24, 2.45) is 0 Å². The second-order valence-corrected chi connectivity index (χ2v) is 7.47. The molecule has 2 heteroatoms. The van der Waals surface area contributed by atoms with Gasteiger partial charge in [0.2, 0.25) is 0 Å². The second-order valence-electron chi connectivity index (χ2n) is 7.47. The van der Waals surface area contributed by atoms with E-state index in [1.807, 2.05) is 0 Å². The quantitative estimate of drug-likeness (QED) is 0.922. The summed E-state index contributed by atoms with van der Waals surface area (Å²) in [5.74, 6) is 0. The number of hydrogen-bond acceptors (Lipinski definition) is 2. The number of nitrogens with zero attached hydrogens (tertiary/aromatic N) is 1. The summed E-state index contributed by atoms with van der Waals surface area (Å²) in [5, 5.41) is 3.46. The zero-order valence-corrected chi connectivity index (χ0v) is 14.5. The third-order valence-electron chi connectivity index (χ3n) is 4.72. The fourth-order valence-electron chi connectivity index (χ4n) is 3.36. The lowest BCUT2D eigenvalue weighted by Gasteiger charge is -2.36. The molecule has 0 saturated carbocycles. The summed E-state index contributed by atoms with van der Waals surface area (Å²) < 4.78 is 0. The highest BCUT2D eigenvalue weighted by Crippen LogP contribution is 2.31. The van der Waals surface area contributed by atoms with Gasteiger partial charge < -0.3 is 5.32 Å². The third kappa shape index (κ3) is 3.82. The smallest absolute Gasteiger partial charge is 0.0602 e. The number of rotatable bonds is 3. The van der Waals surface area contributed by atoms with E-state index in [4.69, 9.17) is 0 Å². The van der Waals surface area contributed by atoms with Crippen molar-refractivity contribution in [1.29, 1.82) is 0 Å². The van der Waals surface area contributed by atoms with E-state index < -0.39 is 0 Å². The van der Waals surface area contributed by atoms with Crippen molar-refractivity contribution in [3.8, 4) is 0 Å². The molecule has 2 aromatic carbocycles. The SMILES string of the molecule is CC(C)(C)c1ccc(C(c2ccccc2)N2CCNCC2)cc1. The summed E-state index contributed by atoms with van der Waals surface area (Å²) in [6.07, 6.45) is 0. The highest BCUT2D eigenvalue weighted by molar-refractivity contribution is 5.35. The van der Waals surface area contributed by atoms with Gasteiger partial charge in [0.1, 0.15) is 0 Å². The van der Waals surface area contributed by atoms with Gasteiger partial charge in [-0.25, -0.2) is 0 Å². The van der Waals surface area contributed by atoms with Crippen molar-refractivity contribution >= 4 is 0 Å². The van der Waals surface area contributed by atoms with Gasteiger partial charge in [-0.3, -0.25) is 4.90 Å². The molecule has 1 fully saturated rings. The van der Waals surface area contributed by atoms with E-state index in [9.17, 15) is 0 Å². The summed E-state index contributed by atoms with van der Waals surface area (Å²) in [6, 6.07) is 20.5. The van der Waals surface area contributed by atoms with Crippen molar-refractivity contribution in [3.63, 3.8) is 0 Å². The lowest BCUT2D eigenvalue weighted by atomic mass is 9.85. The summed E-state index contributed by atoms with van der Waals surface area (Å²) in [4.78, 5) is 2.60. The first-order valence-electron chi connectivity index (χ1n) is 8.66. The van der Waals surface area contributed by atoms with Crippen LogP contribution in [0.4, 0.5) is 0 Å². The van der Waals surface area contributed by atoms with Gasteiger partial charge in [0.25, 0.3) is 0 Å². The van der Waals surface area contributed by atoms with Crippen LogP contribution in [0.15, 0.2) is 54.6 Å². The number of benzene rings is 2. The van der Waals surface area contributed by atoms with Gasteiger partial charge in [-0.2, -0.15) is 0 Å². The molecule has 1 heterocycles. The molecule has 1 atom stereocenters. The maximum Gasteiger partial charge on any atom is 0.0602 e. The molecule has 0 aliphatic carbocycles. The van der Waals surface area contributed by atoms with Gasteiger partial charge in [-0.1, -0.05) is 75.4 Å². The minimum atomic E-state index is 0.204. The summed E-state index contributed by atoms with van der Waals surface area (Å²) in [5.41, 5.74) is 4.38. The van der Waals surface area contributed by atoms with Crippen molar-refractivity contribution in [1.82, 2.24) is 10.2 Å². The van der Waals surface area contributed by atoms with E-state index in [0.717, 1.165) is 26.2 Å². The van der Waals surface area contributed by atoms with Crippen molar-refractivity contribution in [2.75, 3.05) is 26.2 Å². The van der Waals surface area contributed by atoms with Crippen LogP contribution in [0.5, 0.6) is 0 Å². The molecule has 23 heavy (non-hydrogen) atoms. The van der Waals surface area contributed by atoms with Crippen LogP contribution in [0, 0.1) is 0 Å². The monoisotopic (exact) mass is 308 g/mol. The lowest BCUT2D eigenvalue weighted by Crippen LogP contribution is -2.45. The van der Waals surface area contributed by atoms with E-state index in [2.05, 4.69) is 85.6 Å². The lowest BCUT2D eigenvalue weighted by molar-refractivity contribution is 0.198. The molecular formula is C21H28N2. The maximum atomic E-state index is 3.46. The van der Waals surface area contributed by atoms with E-state index in [0.29, 0.717) is 6.04 Å². The van der Waals surface area contributed by atoms with Crippen LogP contribution in [0.25, 0.3) is 0 Å². The first-order valence-corrected chi connectivity index (χ1v) is 8.66. The topological polar surface area (TPSA) is 15.3 Å². The summed E-state index contributed by atoms with van der Waals surface area (Å²) in [7, 11) is 0. The van der Waals surface area contributed by atoms with Gasteiger partial charge in [-0.05, 0) is 22.1 Å². The average Bonchev–Trinajstić information content (AvgIpc) is 2.57. The molecule has 1 N–H and O–H groups in total. The molecule has 1 aliphatic heterocycles. The normalized spacial score (nSPS) is 17.9. The minimum Gasteiger partial charge on any atom is -0.314 e. The molecule has 1 saturated heterocycles. The molecule has 2 aromatic rings. The standard InChI is InChI=1S/C21H28N2/c1-21(2,3)19-11-9-18(10-12-19)20(17-7-5-4-6-8-17)23-15-13-22-14-16-23/h4-12,20,22H,13-16H2,1-3H3. The summed E-state index contributed by atoms with van der Waals surface area (Å²) in [6.45, 7) is 11.2. The van der Waals surface area contributed by atoms with E-state index in [-0.39, 0.29) is 5.41 Å². The molecular weight excluding hydrogens is 280 g/mol. The molecule has 0 aromatic heterocycles. The summed E-state index contributed by atoms with van der Waals surface area (Å²) >= 11 is 0. The Labute approximate surface area is 140 Å². The molecule has 0 bridgehead atoms. The fraction of sp³-hybridized carbons (Fsp3) is 0.429. The predicted octanol–water partition coefficient (Wildman–Crippen LogP) is 3.98. The van der Waals surface area contributed by atoms with Crippen LogP contribution in [-0.4, -0.2) is 31.1 Å². The van der Waals surface area contributed by atoms with Gasteiger partial charge in [0.05, 0.1) is 6.04 Å². The molecule has 0 spiro atoms. The highest BCUT2D eigenvalue weighted by atomic mass is 15.2. The molecule has 0 radical (unpaired) electrons. The molecule has 3 rings (SSSR count). The third-order valence-corrected chi connectivity index (χ3v) is 4.72. The second kappa shape index (κ2) is 6.86. The van der Waals surface area contributed by atoms with Gasteiger partial charge in [-0.15, -0.1) is 0 Å². The van der Waals surface area contributed by atoms with Crippen LogP contribution in [-0.2, 0) is 5.41 Å². The van der Waals surface area contributed by atoms with Crippen molar-refractivity contribution < 1.29 is 0 Å². The Bertz CT molecular complexity index is 605. The Morgan fingerprint density at radius 1 is 0.826 bits per heavy atom. The zero-order valence-electron chi connectivity index (χ0n) is 14.5. The molecule has 2 nitrogen and oxygen atoms in total. The first kappa shape index (κ1) is 16.2. The number of nitrogens with one attached hydrogen (secondary N) is 1. The molecule has 0 amide bonds. The minimum absolute atomic E-state index is 0.204. The number of piperazine rings is 1. The molecule has 1 aliphatic rings.